The Balaban J connectivity index is 1.88. The van der Waals surface area contributed by atoms with E-state index in [1.807, 2.05) is 61.5 Å². The molecule has 2 aromatic rings. The number of carbonyl (C=O) groups is 2. The van der Waals surface area contributed by atoms with E-state index < -0.39 is 12.0 Å². The van der Waals surface area contributed by atoms with E-state index in [1.54, 1.807) is 0 Å². The summed E-state index contributed by atoms with van der Waals surface area (Å²) in [6.45, 7) is 2.00. The van der Waals surface area contributed by atoms with Gasteiger partial charge in [-0.05, 0) is 18.1 Å². The fourth-order valence-corrected chi connectivity index (χ4v) is 2.78. The third-order valence-corrected chi connectivity index (χ3v) is 4.22. The van der Waals surface area contributed by atoms with Gasteiger partial charge in [-0.3, -0.25) is 4.79 Å². The van der Waals surface area contributed by atoms with Crippen LogP contribution in [0.5, 0.6) is 0 Å². The Morgan fingerprint density at radius 3 is 2.30 bits per heavy atom. The first-order valence-corrected chi connectivity index (χ1v) is 8.29. The van der Waals surface area contributed by atoms with Crippen molar-refractivity contribution in [2.75, 3.05) is 0 Å². The topological polar surface area (TPSA) is 66.4 Å². The Morgan fingerprint density at radius 1 is 1.04 bits per heavy atom. The van der Waals surface area contributed by atoms with Crippen molar-refractivity contribution in [3.05, 3.63) is 71.3 Å². The van der Waals surface area contributed by atoms with Gasteiger partial charge in [0.05, 0.1) is 0 Å². The Labute approximate surface area is 139 Å². The zero-order chi connectivity index (χ0) is 16.7. The van der Waals surface area contributed by atoms with Crippen LogP contribution in [0.25, 0.3) is 0 Å². The van der Waals surface area contributed by atoms with E-state index in [-0.39, 0.29) is 11.7 Å². The number of nitrogens with one attached hydrogen (secondary N) is 1. The molecule has 2 N–H and O–H groups in total. The van der Waals surface area contributed by atoms with Crippen molar-refractivity contribution >= 4 is 23.0 Å². The Hall–Kier alpha value is -2.27. The molecule has 0 saturated carbocycles. The van der Waals surface area contributed by atoms with Gasteiger partial charge in [-0.1, -0.05) is 71.9 Å². The summed E-state index contributed by atoms with van der Waals surface area (Å²) in [5.41, 5.74) is 3.08. The molecule has 0 aromatic heterocycles. The molecule has 120 valence electrons. The van der Waals surface area contributed by atoms with E-state index in [0.29, 0.717) is 5.75 Å². The van der Waals surface area contributed by atoms with Gasteiger partial charge >= 0.3 is 5.97 Å². The third kappa shape index (κ3) is 5.79. The fraction of sp³-hybridized carbons (Fsp3) is 0.222. The molecule has 0 bridgehead atoms. The van der Waals surface area contributed by atoms with Gasteiger partial charge in [0, 0.05) is 12.2 Å². The van der Waals surface area contributed by atoms with Crippen LogP contribution in [-0.4, -0.2) is 22.4 Å². The minimum atomic E-state index is -1.03. The summed E-state index contributed by atoms with van der Waals surface area (Å²) in [6.07, 6.45) is 0.271. The molecular formula is C18H19NO3S. The lowest BCUT2D eigenvalue weighted by Gasteiger charge is -2.14. The van der Waals surface area contributed by atoms with Gasteiger partial charge < -0.3 is 10.4 Å². The first-order valence-electron chi connectivity index (χ1n) is 7.30. The van der Waals surface area contributed by atoms with E-state index in [1.165, 1.54) is 0 Å². The lowest BCUT2D eigenvalue weighted by molar-refractivity contribution is -0.139. The molecule has 0 aliphatic rings. The predicted octanol–water partition coefficient (Wildman–Crippen LogP) is 3.63. The van der Waals surface area contributed by atoms with Gasteiger partial charge in [0.25, 0.3) is 5.24 Å². The van der Waals surface area contributed by atoms with Crippen LogP contribution in [0, 0.1) is 6.92 Å². The zero-order valence-corrected chi connectivity index (χ0v) is 13.7. The van der Waals surface area contributed by atoms with Crippen molar-refractivity contribution in [3.8, 4) is 0 Å². The average Bonchev–Trinajstić information content (AvgIpc) is 2.54. The van der Waals surface area contributed by atoms with Crippen LogP contribution in [0.2, 0.25) is 0 Å². The number of carboxylic acids is 1. The fourth-order valence-electron chi connectivity index (χ4n) is 2.07. The molecule has 0 spiro atoms. The summed E-state index contributed by atoms with van der Waals surface area (Å²) in [5, 5.41) is 11.5. The van der Waals surface area contributed by atoms with Crippen molar-refractivity contribution in [3.63, 3.8) is 0 Å². The van der Waals surface area contributed by atoms with Crippen LogP contribution in [0.4, 0.5) is 4.79 Å². The van der Waals surface area contributed by atoms with Crippen LogP contribution in [0.3, 0.4) is 0 Å². The van der Waals surface area contributed by atoms with Gasteiger partial charge in [0.2, 0.25) is 0 Å². The van der Waals surface area contributed by atoms with Gasteiger partial charge in [0.15, 0.2) is 0 Å². The summed E-state index contributed by atoms with van der Waals surface area (Å²) in [4.78, 5) is 23.3. The molecule has 23 heavy (non-hydrogen) atoms. The third-order valence-electron chi connectivity index (χ3n) is 3.36. The predicted molar refractivity (Wildman–Crippen MR) is 92.6 cm³/mol. The maximum Gasteiger partial charge on any atom is 0.326 e. The first kappa shape index (κ1) is 17.1. The molecule has 0 unspecified atom stereocenters. The lowest BCUT2D eigenvalue weighted by Crippen LogP contribution is -2.40. The molecule has 2 rings (SSSR count). The molecule has 0 heterocycles. The number of carbonyl (C=O) groups excluding carboxylic acids is 1. The number of hydrogen-bond donors (Lipinski definition) is 2. The second kappa shape index (κ2) is 8.39. The molecule has 2 aromatic carbocycles. The van der Waals surface area contributed by atoms with Gasteiger partial charge in [-0.25, -0.2) is 4.79 Å². The van der Waals surface area contributed by atoms with Crippen LogP contribution in [0.1, 0.15) is 16.7 Å². The number of aliphatic carboxylic acids is 1. The molecule has 4 nitrogen and oxygen atoms in total. The SMILES string of the molecule is Cc1ccc(CSC(=O)N[C@H](Cc2ccccc2)C(=O)O)cc1. The maximum atomic E-state index is 12.0. The summed E-state index contributed by atoms with van der Waals surface area (Å²) in [5.74, 6) is -0.512. The van der Waals surface area contributed by atoms with Crippen molar-refractivity contribution < 1.29 is 14.7 Å². The van der Waals surface area contributed by atoms with Crippen LogP contribution in [0.15, 0.2) is 54.6 Å². The number of benzene rings is 2. The van der Waals surface area contributed by atoms with Crippen molar-refractivity contribution in [2.45, 2.75) is 25.1 Å². The molecule has 1 amide bonds. The largest absolute Gasteiger partial charge is 0.480 e. The molecule has 1 atom stereocenters. The molecule has 5 heteroatoms. The Kier molecular flexibility index (Phi) is 6.23. The van der Waals surface area contributed by atoms with Gasteiger partial charge in [0.1, 0.15) is 6.04 Å². The van der Waals surface area contributed by atoms with E-state index >= 15 is 0 Å². The standard InChI is InChI=1S/C18H19NO3S/c1-13-7-9-15(10-8-13)12-23-18(22)19-16(17(20)21)11-14-5-3-2-4-6-14/h2-10,16H,11-12H2,1H3,(H,19,22)(H,20,21)/t16-/m1/s1. The highest BCUT2D eigenvalue weighted by molar-refractivity contribution is 8.12. The van der Waals surface area contributed by atoms with Crippen molar-refractivity contribution in [2.24, 2.45) is 0 Å². The quantitative estimate of drug-likeness (QED) is 0.849. The van der Waals surface area contributed by atoms with Crippen LogP contribution >= 0.6 is 11.8 Å². The van der Waals surface area contributed by atoms with Gasteiger partial charge in [-0.15, -0.1) is 0 Å². The van der Waals surface area contributed by atoms with E-state index in [0.717, 1.165) is 28.5 Å². The smallest absolute Gasteiger partial charge is 0.326 e. The molecule has 0 aliphatic carbocycles. The van der Waals surface area contributed by atoms with E-state index in [2.05, 4.69) is 5.32 Å². The molecular weight excluding hydrogens is 310 g/mol. The molecule has 0 aliphatic heterocycles. The summed E-state index contributed by atoms with van der Waals surface area (Å²) in [7, 11) is 0. The van der Waals surface area contributed by atoms with Crippen LogP contribution in [-0.2, 0) is 17.0 Å². The zero-order valence-electron chi connectivity index (χ0n) is 12.9. The highest BCUT2D eigenvalue weighted by atomic mass is 32.2. The molecule has 0 fully saturated rings. The van der Waals surface area contributed by atoms with Crippen molar-refractivity contribution in [1.29, 1.82) is 0 Å². The lowest BCUT2D eigenvalue weighted by atomic mass is 10.1. The maximum absolute atomic E-state index is 12.0. The average molecular weight is 329 g/mol. The number of thioether (sulfide) groups is 1. The Bertz CT molecular complexity index is 656. The summed E-state index contributed by atoms with van der Waals surface area (Å²) in [6, 6.07) is 16.3. The van der Waals surface area contributed by atoms with Crippen molar-refractivity contribution in [1.82, 2.24) is 5.32 Å². The number of aryl methyl sites for hydroxylation is 1. The summed E-state index contributed by atoms with van der Waals surface area (Å²) >= 11 is 1.08. The number of hydrogen-bond acceptors (Lipinski definition) is 3. The second-order valence-electron chi connectivity index (χ2n) is 5.29. The molecule has 0 radical (unpaired) electrons. The van der Waals surface area contributed by atoms with E-state index in [9.17, 15) is 14.7 Å². The highest BCUT2D eigenvalue weighted by Crippen LogP contribution is 2.14. The van der Waals surface area contributed by atoms with Gasteiger partial charge in [-0.2, -0.15) is 0 Å². The minimum Gasteiger partial charge on any atom is -0.480 e. The number of rotatable bonds is 6. The number of carboxylic acid groups (broad SMARTS) is 1. The summed E-state index contributed by atoms with van der Waals surface area (Å²) < 4.78 is 0. The highest BCUT2D eigenvalue weighted by Gasteiger charge is 2.20. The normalized spacial score (nSPS) is 11.7. The number of amides is 1. The first-order chi connectivity index (χ1) is 11.0. The van der Waals surface area contributed by atoms with E-state index in [4.69, 9.17) is 0 Å². The minimum absolute atomic E-state index is 0.271. The monoisotopic (exact) mass is 329 g/mol. The molecule has 0 saturated heterocycles. The second-order valence-corrected chi connectivity index (χ2v) is 6.23. The van der Waals surface area contributed by atoms with Crippen LogP contribution < -0.4 is 5.32 Å². The Morgan fingerprint density at radius 2 is 1.70 bits per heavy atom.